The van der Waals surface area contributed by atoms with Gasteiger partial charge in [-0.15, -0.1) is 0 Å². The second-order valence-electron chi connectivity index (χ2n) is 6.31. The van der Waals surface area contributed by atoms with Crippen molar-refractivity contribution >= 4 is 12.4 Å². The first-order chi connectivity index (χ1) is 18.0. The van der Waals surface area contributed by atoms with E-state index >= 15 is 0 Å². The highest BCUT2D eigenvalue weighted by Crippen LogP contribution is 2.29. The number of ether oxygens (including phenoxy) is 4. The maximum Gasteiger partial charge on any atom is 0.298 e. The molecule has 0 aliphatic carbocycles. The predicted molar refractivity (Wildman–Crippen MR) is 141 cm³/mol. The standard InChI is InChI=1S/C13H12N2O3.C10H12O4.C3H2N2.CH4/c1-15-11(9-14)7-10-3-4-12(18-6-5-16)13(8-10)17-2;1-13-10-6-8(7-12)2-3-9(10)14-5-4-11;1-5-3-2-4;/h3-4,7-8,16H,5-6H2,2H3;2-3,6-7,11H,4-5H2,1H3;3H2;1H4/b11-7+;;;. The van der Waals surface area contributed by atoms with Crippen LogP contribution in [0.25, 0.3) is 15.8 Å². The second-order valence-corrected chi connectivity index (χ2v) is 6.31. The first-order valence-corrected chi connectivity index (χ1v) is 10.5. The third-order valence-corrected chi connectivity index (χ3v) is 3.90. The lowest BCUT2D eigenvalue weighted by Crippen LogP contribution is -2.03. The number of allylic oxidation sites excluding steroid dienone is 1. The van der Waals surface area contributed by atoms with Crippen molar-refractivity contribution in [2.24, 2.45) is 0 Å². The van der Waals surface area contributed by atoms with Crippen molar-refractivity contribution < 1.29 is 34.0 Å². The Kier molecular flexibility index (Phi) is 20.7. The molecular formula is C27H30N4O7. The zero-order chi connectivity index (χ0) is 27.9. The SMILES string of the molecule is C.COc1cc(C=O)ccc1OCCO.[C-]#[N+]/C(C#N)=C/c1ccc(OCCO)c(OC)c1.[C-]#[N+]CC#N. The Bertz CT molecular complexity index is 1160. The Morgan fingerprint density at radius 1 is 0.921 bits per heavy atom. The summed E-state index contributed by atoms with van der Waals surface area (Å²) in [6.45, 7) is 13.0. The number of methoxy groups -OCH3 is 2. The van der Waals surface area contributed by atoms with Gasteiger partial charge in [-0.2, -0.15) is 5.26 Å². The van der Waals surface area contributed by atoms with E-state index in [2.05, 4.69) is 9.69 Å². The molecule has 200 valence electrons. The van der Waals surface area contributed by atoms with Crippen LogP contribution in [0.5, 0.6) is 23.0 Å². The summed E-state index contributed by atoms with van der Waals surface area (Å²) in [5.41, 5.74) is 1.20. The van der Waals surface area contributed by atoms with Crippen LogP contribution >= 0.6 is 0 Å². The summed E-state index contributed by atoms with van der Waals surface area (Å²) < 4.78 is 20.6. The minimum atomic E-state index is -0.0822. The number of aliphatic hydroxyl groups excluding tert-OH is 2. The van der Waals surface area contributed by atoms with Gasteiger partial charge < -0.3 is 34.0 Å². The number of aldehydes is 1. The van der Waals surface area contributed by atoms with Crippen LogP contribution in [0.4, 0.5) is 0 Å². The van der Waals surface area contributed by atoms with Crippen molar-refractivity contribution in [2.45, 2.75) is 7.43 Å². The third kappa shape index (κ3) is 13.7. The second kappa shape index (κ2) is 22.4. The lowest BCUT2D eigenvalue weighted by Gasteiger charge is -2.10. The van der Waals surface area contributed by atoms with Crippen molar-refractivity contribution in [3.63, 3.8) is 0 Å². The van der Waals surface area contributed by atoms with E-state index in [1.54, 1.807) is 48.5 Å². The highest BCUT2D eigenvalue weighted by atomic mass is 16.5. The highest BCUT2D eigenvalue weighted by Gasteiger charge is 2.06. The molecule has 0 atom stereocenters. The van der Waals surface area contributed by atoms with Crippen molar-refractivity contribution in [3.8, 4) is 35.1 Å². The number of hydrogen-bond donors (Lipinski definition) is 2. The number of benzene rings is 2. The average Bonchev–Trinajstić information content (AvgIpc) is 2.94. The fraction of sp³-hybridized carbons (Fsp3) is 0.296. The third-order valence-electron chi connectivity index (χ3n) is 3.90. The van der Waals surface area contributed by atoms with Crippen LogP contribution in [0.2, 0.25) is 0 Å². The van der Waals surface area contributed by atoms with Crippen LogP contribution in [-0.2, 0) is 0 Å². The lowest BCUT2D eigenvalue weighted by molar-refractivity contribution is 0.112. The van der Waals surface area contributed by atoms with E-state index in [1.165, 1.54) is 20.3 Å². The molecule has 0 fully saturated rings. The van der Waals surface area contributed by atoms with E-state index < -0.39 is 0 Å². The van der Waals surface area contributed by atoms with E-state index in [9.17, 15) is 4.79 Å². The largest absolute Gasteiger partial charge is 0.493 e. The molecular weight excluding hydrogens is 492 g/mol. The maximum atomic E-state index is 10.5. The molecule has 11 nitrogen and oxygen atoms in total. The molecule has 11 heteroatoms. The molecule has 0 amide bonds. The Labute approximate surface area is 222 Å². The molecule has 0 saturated heterocycles. The van der Waals surface area contributed by atoms with E-state index in [0.29, 0.717) is 34.1 Å². The van der Waals surface area contributed by atoms with E-state index in [-0.39, 0.29) is 46.1 Å². The van der Waals surface area contributed by atoms with Gasteiger partial charge in [-0.3, -0.25) is 4.79 Å². The number of nitriles is 2. The van der Waals surface area contributed by atoms with Crippen molar-refractivity contribution in [1.29, 1.82) is 10.5 Å². The molecule has 0 aliphatic heterocycles. The summed E-state index contributed by atoms with van der Waals surface area (Å²) in [4.78, 5) is 16.3. The van der Waals surface area contributed by atoms with Gasteiger partial charge in [0.1, 0.15) is 25.6 Å². The first kappa shape index (κ1) is 35.1. The molecule has 0 bridgehead atoms. The summed E-state index contributed by atoms with van der Waals surface area (Å²) >= 11 is 0. The van der Waals surface area contributed by atoms with Gasteiger partial charge in [0.25, 0.3) is 12.2 Å². The van der Waals surface area contributed by atoms with E-state index in [4.69, 9.17) is 52.8 Å². The quantitative estimate of drug-likeness (QED) is 0.205. The summed E-state index contributed by atoms with van der Waals surface area (Å²) in [7, 11) is 2.99. The molecule has 2 rings (SSSR count). The average molecular weight is 523 g/mol. The number of carbonyl (C=O) groups is 1. The number of aliphatic hydroxyl groups is 2. The first-order valence-electron chi connectivity index (χ1n) is 10.5. The molecule has 0 aromatic heterocycles. The molecule has 0 heterocycles. The molecule has 2 aromatic carbocycles. The molecule has 2 aromatic rings. The van der Waals surface area contributed by atoms with Crippen LogP contribution in [0.1, 0.15) is 23.3 Å². The monoisotopic (exact) mass is 522 g/mol. The fourth-order valence-corrected chi connectivity index (χ4v) is 2.36. The molecule has 0 spiro atoms. The number of nitrogens with zero attached hydrogens (tertiary/aromatic N) is 4. The van der Waals surface area contributed by atoms with Gasteiger partial charge in [0.05, 0.1) is 40.1 Å². The van der Waals surface area contributed by atoms with Crippen LogP contribution in [0, 0.1) is 35.8 Å². The topological polar surface area (TPSA) is 151 Å². The molecule has 2 N–H and O–H groups in total. The lowest BCUT2D eigenvalue weighted by atomic mass is 10.1. The Hall–Kier alpha value is -5.07. The van der Waals surface area contributed by atoms with Gasteiger partial charge in [0.15, 0.2) is 23.0 Å². The number of carbonyl (C=O) groups excluding carboxylic acids is 1. The molecule has 38 heavy (non-hydrogen) atoms. The van der Waals surface area contributed by atoms with Crippen molar-refractivity contribution in [2.75, 3.05) is 47.2 Å². The smallest absolute Gasteiger partial charge is 0.298 e. The molecule has 0 saturated carbocycles. The number of rotatable bonds is 10. The minimum Gasteiger partial charge on any atom is -0.493 e. The van der Waals surface area contributed by atoms with Crippen LogP contribution in [0.15, 0.2) is 42.1 Å². The van der Waals surface area contributed by atoms with Gasteiger partial charge >= 0.3 is 0 Å². The van der Waals surface area contributed by atoms with Gasteiger partial charge in [-0.05, 0) is 42.0 Å². The van der Waals surface area contributed by atoms with Crippen LogP contribution in [-0.4, -0.2) is 63.7 Å². The van der Waals surface area contributed by atoms with Crippen molar-refractivity contribution in [3.05, 3.63) is 76.1 Å². The molecule has 0 radical (unpaired) electrons. The summed E-state index contributed by atoms with van der Waals surface area (Å²) in [6, 6.07) is 13.3. The minimum absolute atomic E-state index is 0. The van der Waals surface area contributed by atoms with Gasteiger partial charge in [-0.1, -0.05) is 13.5 Å². The Morgan fingerprint density at radius 2 is 1.42 bits per heavy atom. The Morgan fingerprint density at radius 3 is 1.76 bits per heavy atom. The maximum absolute atomic E-state index is 10.5. The van der Waals surface area contributed by atoms with E-state index in [1.807, 2.05) is 0 Å². The van der Waals surface area contributed by atoms with Gasteiger partial charge in [0.2, 0.25) is 0 Å². The summed E-state index contributed by atoms with van der Waals surface area (Å²) in [5.74, 6) is 2.00. The van der Waals surface area contributed by atoms with Crippen molar-refractivity contribution in [1.82, 2.24) is 0 Å². The van der Waals surface area contributed by atoms with Gasteiger partial charge in [-0.25, -0.2) is 16.7 Å². The summed E-state index contributed by atoms with van der Waals surface area (Å²) in [5, 5.41) is 33.5. The molecule has 0 aliphatic rings. The fourth-order valence-electron chi connectivity index (χ4n) is 2.36. The predicted octanol–water partition coefficient (Wildman–Crippen LogP) is 3.79. The summed E-state index contributed by atoms with van der Waals surface area (Å²) in [6.07, 6.45) is 2.20. The van der Waals surface area contributed by atoms with E-state index in [0.717, 1.165) is 6.29 Å². The zero-order valence-electron chi connectivity index (χ0n) is 20.4. The Balaban J connectivity index is 0. The highest BCUT2D eigenvalue weighted by molar-refractivity contribution is 5.76. The zero-order valence-corrected chi connectivity index (χ0v) is 20.4. The van der Waals surface area contributed by atoms with Crippen LogP contribution in [0.3, 0.4) is 0 Å². The van der Waals surface area contributed by atoms with Gasteiger partial charge in [0, 0.05) is 5.56 Å². The molecule has 0 unspecified atom stereocenters. The van der Waals surface area contributed by atoms with Crippen LogP contribution < -0.4 is 18.9 Å². The normalized spacial score (nSPS) is 9.00. The number of hydrogen-bond acceptors (Lipinski definition) is 9.